The molecule has 2 heterocycles. The van der Waals surface area contributed by atoms with Gasteiger partial charge in [-0.15, -0.1) is 0 Å². The van der Waals surface area contributed by atoms with Crippen LogP contribution in [0.4, 0.5) is 21.7 Å². The van der Waals surface area contributed by atoms with Gasteiger partial charge in [-0.2, -0.15) is 4.98 Å². The summed E-state index contributed by atoms with van der Waals surface area (Å²) in [5.74, 6) is -0.449. The fourth-order valence-electron chi connectivity index (χ4n) is 3.06. The number of hydrogen-bond donors (Lipinski definition) is 4. The van der Waals surface area contributed by atoms with E-state index in [4.69, 9.17) is 20.9 Å². The summed E-state index contributed by atoms with van der Waals surface area (Å²) < 4.78 is 24.9. The van der Waals surface area contributed by atoms with E-state index >= 15 is 0 Å². The van der Waals surface area contributed by atoms with Crippen LogP contribution in [0.25, 0.3) is 0 Å². The number of carbonyl (C=O) groups excluding carboxylic acids is 1. The van der Waals surface area contributed by atoms with Crippen molar-refractivity contribution in [3.05, 3.63) is 29.6 Å². The number of ether oxygens (including phenoxy) is 2. The summed E-state index contributed by atoms with van der Waals surface area (Å²) in [5, 5.41) is 6.05. The molecule has 1 saturated carbocycles. The normalized spacial score (nSPS) is 15.3. The zero-order chi connectivity index (χ0) is 21.1. The fourth-order valence-corrected chi connectivity index (χ4v) is 3.06. The Hall–Kier alpha value is -3.14. The van der Waals surface area contributed by atoms with Crippen LogP contribution in [0, 0.1) is 11.7 Å². The first-order chi connectivity index (χ1) is 13.8. The highest BCUT2D eigenvalue weighted by molar-refractivity contribution is 5.98. The molecule has 0 unspecified atom stereocenters. The minimum Gasteiger partial charge on any atom is -0.481 e. The number of hydrogen-bond acceptors (Lipinski definition) is 8. The fraction of sp³-hybridized carbons (Fsp3) is 0.421. The van der Waals surface area contributed by atoms with Gasteiger partial charge in [-0.25, -0.2) is 9.37 Å². The van der Waals surface area contributed by atoms with Gasteiger partial charge in [-0.05, 0) is 31.7 Å². The van der Waals surface area contributed by atoms with E-state index in [1.54, 1.807) is 12.1 Å². The Bertz CT molecular complexity index is 880. The highest BCUT2D eigenvalue weighted by Crippen LogP contribution is 2.36. The number of nitrogens with two attached hydrogens (primary N) is 2. The van der Waals surface area contributed by atoms with E-state index in [0.717, 1.165) is 18.9 Å². The lowest BCUT2D eigenvalue weighted by Crippen LogP contribution is -2.40. The van der Waals surface area contributed by atoms with Crippen LogP contribution in [0.1, 0.15) is 30.1 Å². The molecule has 6 N–H and O–H groups in total. The molecular formula is C19H25FN6O3. The van der Waals surface area contributed by atoms with Gasteiger partial charge in [-0.1, -0.05) is 0 Å². The monoisotopic (exact) mass is 404 g/mol. The van der Waals surface area contributed by atoms with Crippen molar-refractivity contribution in [3.63, 3.8) is 0 Å². The van der Waals surface area contributed by atoms with E-state index in [2.05, 4.69) is 20.6 Å². The van der Waals surface area contributed by atoms with E-state index < -0.39 is 11.7 Å². The van der Waals surface area contributed by atoms with E-state index in [-0.39, 0.29) is 29.3 Å². The molecule has 0 aromatic carbocycles. The number of nitrogens with zero attached hydrogens (tertiary/aromatic N) is 2. The topological polar surface area (TPSA) is 137 Å². The standard InChI is InChI=1S/C19H25FN6O3/c1-9(21)16(10-4-5-10)25-19-13(20)8-12(17(22)27)18(26-19)23-11-6-14(28-2)24-15(7-11)29-3/h6-10,16H,4-5,21H2,1-3H3,(H2,22,27)(H2,23,24,25,26)/t9-,16-/m0/s1. The van der Waals surface area contributed by atoms with Gasteiger partial charge >= 0.3 is 0 Å². The van der Waals surface area contributed by atoms with Gasteiger partial charge in [0.15, 0.2) is 11.6 Å². The molecule has 10 heteroatoms. The van der Waals surface area contributed by atoms with Crippen LogP contribution in [0.2, 0.25) is 0 Å². The third-order valence-corrected chi connectivity index (χ3v) is 4.70. The van der Waals surface area contributed by atoms with Gasteiger partial charge in [0, 0.05) is 24.2 Å². The summed E-state index contributed by atoms with van der Waals surface area (Å²) in [7, 11) is 2.93. The van der Waals surface area contributed by atoms with E-state index in [0.29, 0.717) is 23.4 Å². The zero-order valence-electron chi connectivity index (χ0n) is 16.5. The Balaban J connectivity index is 1.97. The maximum Gasteiger partial charge on any atom is 0.252 e. The largest absolute Gasteiger partial charge is 0.481 e. The second kappa shape index (κ2) is 8.48. The molecule has 0 spiro atoms. The molecule has 2 atom stereocenters. The molecule has 1 aliphatic carbocycles. The lowest BCUT2D eigenvalue weighted by Gasteiger charge is -2.23. The van der Waals surface area contributed by atoms with Gasteiger partial charge in [-0.3, -0.25) is 4.79 Å². The smallest absolute Gasteiger partial charge is 0.252 e. The lowest BCUT2D eigenvalue weighted by atomic mass is 10.1. The Morgan fingerprint density at radius 2 is 1.79 bits per heavy atom. The number of methoxy groups -OCH3 is 2. The van der Waals surface area contributed by atoms with Crippen LogP contribution in [-0.4, -0.2) is 42.2 Å². The molecule has 0 radical (unpaired) electrons. The Kier molecular flexibility index (Phi) is 6.02. The highest BCUT2D eigenvalue weighted by Gasteiger charge is 2.34. The summed E-state index contributed by atoms with van der Waals surface area (Å²) in [4.78, 5) is 20.2. The number of halogens is 1. The summed E-state index contributed by atoms with van der Waals surface area (Å²) in [5.41, 5.74) is 11.8. The van der Waals surface area contributed by atoms with Crippen LogP contribution in [0.15, 0.2) is 18.2 Å². The predicted octanol–water partition coefficient (Wildman–Crippen LogP) is 2.01. The SMILES string of the molecule is COc1cc(Nc2nc(N[C@H](C3CC3)[C@H](C)N)c(F)cc2C(N)=O)cc(OC)n1. The molecule has 2 aromatic heterocycles. The number of carbonyl (C=O) groups is 1. The third kappa shape index (κ3) is 4.83. The number of anilines is 3. The van der Waals surface area contributed by atoms with Crippen molar-refractivity contribution in [2.45, 2.75) is 31.8 Å². The van der Waals surface area contributed by atoms with Crippen LogP contribution >= 0.6 is 0 Å². The molecular weight excluding hydrogens is 379 g/mol. The maximum absolute atomic E-state index is 14.6. The second-order valence-electron chi connectivity index (χ2n) is 7.01. The zero-order valence-corrected chi connectivity index (χ0v) is 16.5. The molecule has 156 valence electrons. The van der Waals surface area contributed by atoms with E-state index in [1.807, 2.05) is 6.92 Å². The van der Waals surface area contributed by atoms with Gasteiger partial charge in [0.25, 0.3) is 5.91 Å². The number of pyridine rings is 2. The molecule has 0 aliphatic heterocycles. The first-order valence-electron chi connectivity index (χ1n) is 9.22. The van der Waals surface area contributed by atoms with E-state index in [9.17, 15) is 9.18 Å². The Labute approximate surface area is 168 Å². The molecule has 29 heavy (non-hydrogen) atoms. The minimum absolute atomic E-state index is 0.000291. The highest BCUT2D eigenvalue weighted by atomic mass is 19.1. The lowest BCUT2D eigenvalue weighted by molar-refractivity contribution is 0.100. The van der Waals surface area contributed by atoms with E-state index in [1.165, 1.54) is 14.2 Å². The van der Waals surface area contributed by atoms with Crippen molar-refractivity contribution in [2.75, 3.05) is 24.9 Å². The number of primary amides is 1. The molecule has 1 fully saturated rings. The van der Waals surface area contributed by atoms with Crippen LogP contribution in [-0.2, 0) is 0 Å². The van der Waals surface area contributed by atoms with Crippen molar-refractivity contribution in [1.82, 2.24) is 9.97 Å². The van der Waals surface area contributed by atoms with Crippen molar-refractivity contribution in [1.29, 1.82) is 0 Å². The third-order valence-electron chi connectivity index (χ3n) is 4.70. The van der Waals surface area contributed by atoms with Crippen LogP contribution in [0.3, 0.4) is 0 Å². The quantitative estimate of drug-likeness (QED) is 0.498. The Morgan fingerprint density at radius 1 is 1.17 bits per heavy atom. The number of rotatable bonds is 9. The van der Waals surface area contributed by atoms with Gasteiger partial charge in [0.05, 0.1) is 25.5 Å². The summed E-state index contributed by atoms with van der Waals surface area (Å²) in [6, 6.07) is 3.91. The average Bonchev–Trinajstić information content (AvgIpc) is 3.52. The Morgan fingerprint density at radius 3 is 2.28 bits per heavy atom. The molecule has 1 aliphatic rings. The van der Waals surface area contributed by atoms with Crippen LogP contribution in [0.5, 0.6) is 11.8 Å². The summed E-state index contributed by atoms with van der Waals surface area (Å²) in [6.45, 7) is 1.86. The maximum atomic E-state index is 14.6. The van der Waals surface area contributed by atoms with Gasteiger partial charge in [0.2, 0.25) is 11.8 Å². The molecule has 1 amide bonds. The molecule has 9 nitrogen and oxygen atoms in total. The van der Waals surface area contributed by atoms with Gasteiger partial charge in [0.1, 0.15) is 5.82 Å². The molecule has 3 rings (SSSR count). The number of aromatic nitrogens is 2. The molecule has 0 bridgehead atoms. The minimum atomic E-state index is -0.815. The van der Waals surface area contributed by atoms with Crippen molar-refractivity contribution >= 4 is 23.2 Å². The number of amides is 1. The average molecular weight is 404 g/mol. The van der Waals surface area contributed by atoms with Crippen molar-refractivity contribution in [3.8, 4) is 11.8 Å². The van der Waals surface area contributed by atoms with Crippen molar-refractivity contribution in [2.24, 2.45) is 17.4 Å². The van der Waals surface area contributed by atoms with Crippen LogP contribution < -0.4 is 31.6 Å². The molecule has 0 saturated heterocycles. The van der Waals surface area contributed by atoms with Gasteiger partial charge < -0.3 is 31.6 Å². The first kappa shape index (κ1) is 20.6. The summed E-state index contributed by atoms with van der Waals surface area (Å²) in [6.07, 6.45) is 2.06. The molecule has 2 aromatic rings. The second-order valence-corrected chi connectivity index (χ2v) is 7.01. The number of nitrogens with one attached hydrogen (secondary N) is 2. The van der Waals surface area contributed by atoms with Crippen molar-refractivity contribution < 1.29 is 18.7 Å². The predicted molar refractivity (Wildman–Crippen MR) is 107 cm³/mol. The summed E-state index contributed by atoms with van der Waals surface area (Å²) >= 11 is 0. The first-order valence-corrected chi connectivity index (χ1v) is 9.22.